The summed E-state index contributed by atoms with van der Waals surface area (Å²) in [6.07, 6.45) is 2.08. The average Bonchev–Trinajstić information content (AvgIpc) is 3.07. The summed E-state index contributed by atoms with van der Waals surface area (Å²) >= 11 is 3.51. The molecule has 0 aliphatic heterocycles. The SMILES string of the molecule is CCOc1cc(Br)c(CC(=O)NCc2nnc3ccccn23)cc1OCC. The van der Waals surface area contributed by atoms with Crippen molar-refractivity contribution in [3.63, 3.8) is 0 Å². The minimum atomic E-state index is -0.116. The van der Waals surface area contributed by atoms with Crippen molar-refractivity contribution >= 4 is 27.5 Å². The van der Waals surface area contributed by atoms with Crippen LogP contribution in [0.1, 0.15) is 25.2 Å². The molecular weight excluding hydrogens is 412 g/mol. The highest BCUT2D eigenvalue weighted by Gasteiger charge is 2.14. The van der Waals surface area contributed by atoms with Gasteiger partial charge in [-0.3, -0.25) is 9.20 Å². The van der Waals surface area contributed by atoms with E-state index in [1.165, 1.54) is 0 Å². The first-order valence-electron chi connectivity index (χ1n) is 8.75. The third-order valence-corrected chi connectivity index (χ3v) is 4.63. The number of nitrogens with zero attached hydrogens (tertiary/aromatic N) is 3. The van der Waals surface area contributed by atoms with Gasteiger partial charge in [0.15, 0.2) is 23.0 Å². The van der Waals surface area contributed by atoms with Crippen molar-refractivity contribution in [1.82, 2.24) is 19.9 Å². The summed E-state index contributed by atoms with van der Waals surface area (Å²) in [4.78, 5) is 12.4. The average molecular weight is 433 g/mol. The van der Waals surface area contributed by atoms with Crippen LogP contribution in [-0.4, -0.2) is 33.7 Å². The molecule has 0 radical (unpaired) electrons. The van der Waals surface area contributed by atoms with Crippen LogP contribution in [0.4, 0.5) is 0 Å². The van der Waals surface area contributed by atoms with Crippen LogP contribution in [0.5, 0.6) is 11.5 Å². The molecule has 3 rings (SSSR count). The van der Waals surface area contributed by atoms with Crippen molar-refractivity contribution in [2.75, 3.05) is 13.2 Å². The Morgan fingerprint density at radius 3 is 2.63 bits per heavy atom. The molecule has 7 nitrogen and oxygen atoms in total. The molecule has 0 unspecified atom stereocenters. The van der Waals surface area contributed by atoms with E-state index in [9.17, 15) is 4.79 Å². The lowest BCUT2D eigenvalue weighted by molar-refractivity contribution is -0.120. The normalized spacial score (nSPS) is 10.8. The summed E-state index contributed by atoms with van der Waals surface area (Å²) in [6, 6.07) is 9.33. The molecule has 0 aliphatic carbocycles. The van der Waals surface area contributed by atoms with E-state index < -0.39 is 0 Å². The lowest BCUT2D eigenvalue weighted by Crippen LogP contribution is -2.25. The van der Waals surface area contributed by atoms with Crippen molar-refractivity contribution in [2.24, 2.45) is 0 Å². The largest absolute Gasteiger partial charge is 0.490 e. The van der Waals surface area contributed by atoms with Gasteiger partial charge in [-0.25, -0.2) is 0 Å². The van der Waals surface area contributed by atoms with E-state index in [0.717, 1.165) is 15.7 Å². The summed E-state index contributed by atoms with van der Waals surface area (Å²) in [7, 11) is 0. The molecule has 0 aliphatic rings. The zero-order chi connectivity index (χ0) is 19.2. The number of halogens is 1. The minimum Gasteiger partial charge on any atom is -0.490 e. The summed E-state index contributed by atoms with van der Waals surface area (Å²) in [5.74, 6) is 1.86. The highest BCUT2D eigenvalue weighted by molar-refractivity contribution is 9.10. The van der Waals surface area contributed by atoms with Crippen LogP contribution in [0.3, 0.4) is 0 Å². The van der Waals surface area contributed by atoms with Gasteiger partial charge in [-0.05, 0) is 43.7 Å². The van der Waals surface area contributed by atoms with Crippen LogP contribution in [0, 0.1) is 0 Å². The summed E-state index contributed by atoms with van der Waals surface area (Å²) in [5.41, 5.74) is 1.57. The monoisotopic (exact) mass is 432 g/mol. The Morgan fingerprint density at radius 1 is 1.15 bits per heavy atom. The Bertz CT molecular complexity index is 942. The van der Waals surface area contributed by atoms with Gasteiger partial charge in [0.05, 0.1) is 26.2 Å². The second-order valence-corrected chi connectivity index (χ2v) is 6.61. The molecular formula is C19H21BrN4O3. The van der Waals surface area contributed by atoms with Crippen LogP contribution in [-0.2, 0) is 17.8 Å². The Kier molecular flexibility index (Phi) is 6.28. The fourth-order valence-electron chi connectivity index (χ4n) is 2.67. The van der Waals surface area contributed by atoms with Crippen LogP contribution < -0.4 is 14.8 Å². The number of amides is 1. The van der Waals surface area contributed by atoms with Gasteiger partial charge >= 0.3 is 0 Å². The first-order valence-corrected chi connectivity index (χ1v) is 9.55. The van der Waals surface area contributed by atoms with Gasteiger partial charge < -0.3 is 14.8 Å². The Morgan fingerprint density at radius 2 is 1.89 bits per heavy atom. The van der Waals surface area contributed by atoms with E-state index in [1.807, 2.05) is 54.8 Å². The Balaban J connectivity index is 1.69. The standard InChI is InChI=1S/C19H21BrN4O3/c1-3-26-15-9-13(14(20)11-16(15)27-4-2)10-19(25)21-12-18-23-22-17-7-5-6-8-24(17)18/h5-9,11H,3-4,10,12H2,1-2H3,(H,21,25). The molecule has 0 saturated heterocycles. The number of aromatic nitrogens is 3. The number of hydrogen-bond acceptors (Lipinski definition) is 5. The first kappa shape index (κ1) is 19.2. The lowest BCUT2D eigenvalue weighted by Gasteiger charge is -2.14. The van der Waals surface area contributed by atoms with Gasteiger partial charge in [-0.15, -0.1) is 10.2 Å². The second kappa shape index (κ2) is 8.85. The molecule has 0 fully saturated rings. The van der Waals surface area contributed by atoms with E-state index in [2.05, 4.69) is 31.4 Å². The zero-order valence-electron chi connectivity index (χ0n) is 15.2. The topological polar surface area (TPSA) is 77.8 Å². The molecule has 8 heteroatoms. The second-order valence-electron chi connectivity index (χ2n) is 5.75. The summed E-state index contributed by atoms with van der Waals surface area (Å²) in [5, 5.41) is 11.1. The van der Waals surface area contributed by atoms with Gasteiger partial charge in [-0.1, -0.05) is 22.0 Å². The lowest BCUT2D eigenvalue weighted by atomic mass is 10.1. The maximum absolute atomic E-state index is 12.4. The number of benzene rings is 1. The van der Waals surface area contributed by atoms with E-state index in [1.54, 1.807) is 0 Å². The number of hydrogen-bond donors (Lipinski definition) is 1. The summed E-state index contributed by atoms with van der Waals surface area (Å²) in [6.45, 7) is 5.19. The predicted octanol–water partition coefficient (Wildman–Crippen LogP) is 3.15. The molecule has 142 valence electrons. The molecule has 1 amide bonds. The maximum atomic E-state index is 12.4. The van der Waals surface area contributed by atoms with Crippen LogP contribution in [0.2, 0.25) is 0 Å². The number of carbonyl (C=O) groups is 1. The molecule has 2 aromatic heterocycles. The van der Waals surface area contributed by atoms with E-state index in [0.29, 0.717) is 37.1 Å². The minimum absolute atomic E-state index is 0.116. The smallest absolute Gasteiger partial charge is 0.224 e. The quantitative estimate of drug-likeness (QED) is 0.591. The van der Waals surface area contributed by atoms with Crippen molar-refractivity contribution in [2.45, 2.75) is 26.8 Å². The van der Waals surface area contributed by atoms with Gasteiger partial charge in [-0.2, -0.15) is 0 Å². The first-order chi connectivity index (χ1) is 13.1. The van der Waals surface area contributed by atoms with Crippen molar-refractivity contribution in [3.8, 4) is 11.5 Å². The van der Waals surface area contributed by atoms with Crippen molar-refractivity contribution < 1.29 is 14.3 Å². The Labute approximate surface area is 165 Å². The highest BCUT2D eigenvalue weighted by atomic mass is 79.9. The molecule has 0 spiro atoms. The molecule has 0 saturated carbocycles. The fraction of sp³-hybridized carbons (Fsp3) is 0.316. The van der Waals surface area contributed by atoms with Crippen molar-refractivity contribution in [3.05, 3.63) is 52.4 Å². The number of fused-ring (bicyclic) bond motifs is 1. The van der Waals surface area contributed by atoms with Gasteiger partial charge in [0.2, 0.25) is 5.91 Å². The van der Waals surface area contributed by atoms with Gasteiger partial charge in [0.25, 0.3) is 0 Å². The Hall–Kier alpha value is -2.61. The van der Waals surface area contributed by atoms with Crippen LogP contribution in [0.25, 0.3) is 5.65 Å². The van der Waals surface area contributed by atoms with Crippen LogP contribution >= 0.6 is 15.9 Å². The highest BCUT2D eigenvalue weighted by Crippen LogP contribution is 2.34. The number of pyridine rings is 1. The van der Waals surface area contributed by atoms with Crippen LogP contribution in [0.15, 0.2) is 41.0 Å². The third-order valence-electron chi connectivity index (χ3n) is 3.89. The van der Waals surface area contributed by atoms with Gasteiger partial charge in [0.1, 0.15) is 0 Å². The van der Waals surface area contributed by atoms with Crippen molar-refractivity contribution in [1.29, 1.82) is 0 Å². The maximum Gasteiger partial charge on any atom is 0.224 e. The fourth-order valence-corrected chi connectivity index (χ4v) is 3.14. The molecule has 3 aromatic rings. The van der Waals surface area contributed by atoms with Gasteiger partial charge in [0, 0.05) is 10.7 Å². The van der Waals surface area contributed by atoms with E-state index >= 15 is 0 Å². The molecule has 1 N–H and O–H groups in total. The van der Waals surface area contributed by atoms with E-state index in [4.69, 9.17) is 9.47 Å². The molecule has 0 atom stereocenters. The molecule has 2 heterocycles. The molecule has 0 bridgehead atoms. The number of carbonyl (C=O) groups excluding carboxylic acids is 1. The number of ether oxygens (including phenoxy) is 2. The number of nitrogens with one attached hydrogen (secondary N) is 1. The molecule has 27 heavy (non-hydrogen) atoms. The summed E-state index contributed by atoms with van der Waals surface area (Å²) < 4.78 is 13.9. The molecule has 1 aromatic carbocycles. The predicted molar refractivity (Wildman–Crippen MR) is 105 cm³/mol. The van der Waals surface area contributed by atoms with E-state index in [-0.39, 0.29) is 12.3 Å². The zero-order valence-corrected chi connectivity index (χ0v) is 16.8. The third kappa shape index (κ3) is 4.57. The number of rotatable bonds is 8.